The second-order valence-electron chi connectivity index (χ2n) is 4.47. The summed E-state index contributed by atoms with van der Waals surface area (Å²) < 4.78 is 0. The molecule has 0 saturated heterocycles. The number of hydrogen-bond acceptors (Lipinski definition) is 2. The fraction of sp³-hybridized carbons (Fsp3) is 0.583. The van der Waals surface area contributed by atoms with Gasteiger partial charge >= 0.3 is 0 Å². The third kappa shape index (κ3) is 2.32. The van der Waals surface area contributed by atoms with E-state index in [1.807, 2.05) is 13.8 Å². The van der Waals surface area contributed by atoms with Gasteiger partial charge in [-0.2, -0.15) is 0 Å². The average Bonchev–Trinajstić information content (AvgIpc) is 2.86. The van der Waals surface area contributed by atoms with Gasteiger partial charge < -0.3 is 5.73 Å². The van der Waals surface area contributed by atoms with Crippen LogP contribution in [0.5, 0.6) is 0 Å². The molecular formula is C12H18N2. The minimum Gasteiger partial charge on any atom is -0.324 e. The Morgan fingerprint density at radius 2 is 1.93 bits per heavy atom. The monoisotopic (exact) mass is 190 g/mol. The highest BCUT2D eigenvalue weighted by molar-refractivity contribution is 5.23. The maximum Gasteiger partial charge on any atom is 0.0379 e. The minimum absolute atomic E-state index is 0.211. The van der Waals surface area contributed by atoms with Crippen LogP contribution in [0.15, 0.2) is 12.1 Å². The largest absolute Gasteiger partial charge is 0.324 e. The van der Waals surface area contributed by atoms with Gasteiger partial charge in [-0.05, 0) is 43.9 Å². The van der Waals surface area contributed by atoms with Crippen LogP contribution < -0.4 is 5.73 Å². The summed E-state index contributed by atoms with van der Waals surface area (Å²) in [5, 5.41) is 0. The molecule has 2 N–H and O–H groups in total. The Balaban J connectivity index is 2.12. The van der Waals surface area contributed by atoms with Gasteiger partial charge in [-0.1, -0.05) is 12.8 Å². The Labute approximate surface area is 85.5 Å². The van der Waals surface area contributed by atoms with Crippen molar-refractivity contribution in [3.63, 3.8) is 0 Å². The molecule has 1 saturated carbocycles. The van der Waals surface area contributed by atoms with Crippen LogP contribution in [0.2, 0.25) is 0 Å². The molecule has 2 heteroatoms. The van der Waals surface area contributed by atoms with Gasteiger partial charge in [0.2, 0.25) is 0 Å². The van der Waals surface area contributed by atoms with E-state index in [9.17, 15) is 0 Å². The molecule has 1 unspecified atom stereocenters. The molecule has 1 aliphatic carbocycles. The van der Waals surface area contributed by atoms with E-state index in [1.165, 1.54) is 18.4 Å². The molecule has 76 valence electrons. The first-order valence-corrected chi connectivity index (χ1v) is 5.36. The highest BCUT2D eigenvalue weighted by Gasteiger charge is 2.24. The quantitative estimate of drug-likeness (QED) is 0.795. The first-order valence-electron chi connectivity index (χ1n) is 5.36. The van der Waals surface area contributed by atoms with Crippen LogP contribution in [0, 0.1) is 19.8 Å². The molecule has 14 heavy (non-hydrogen) atoms. The van der Waals surface area contributed by atoms with Crippen LogP contribution >= 0.6 is 0 Å². The van der Waals surface area contributed by atoms with Crippen molar-refractivity contribution in [2.75, 3.05) is 0 Å². The molecule has 1 aliphatic rings. The Bertz CT molecular complexity index is 309. The summed E-state index contributed by atoms with van der Waals surface area (Å²) in [6.07, 6.45) is 3.89. The zero-order chi connectivity index (χ0) is 10.1. The smallest absolute Gasteiger partial charge is 0.0379 e. The third-order valence-corrected chi connectivity index (χ3v) is 2.82. The number of aromatic nitrogens is 1. The van der Waals surface area contributed by atoms with Gasteiger partial charge in [0.1, 0.15) is 0 Å². The lowest BCUT2D eigenvalue weighted by Gasteiger charge is -2.12. The summed E-state index contributed by atoms with van der Waals surface area (Å²) in [4.78, 5) is 4.36. The molecule has 2 nitrogen and oxygen atoms in total. The fourth-order valence-electron chi connectivity index (χ4n) is 1.93. The van der Waals surface area contributed by atoms with Crippen LogP contribution in [0.3, 0.4) is 0 Å². The molecule has 0 spiro atoms. The summed E-state index contributed by atoms with van der Waals surface area (Å²) in [6.45, 7) is 4.06. The van der Waals surface area contributed by atoms with Gasteiger partial charge in [-0.15, -0.1) is 0 Å². The summed E-state index contributed by atoms with van der Waals surface area (Å²) in [5.41, 5.74) is 9.55. The molecule has 1 aromatic heterocycles. The van der Waals surface area contributed by atoms with Gasteiger partial charge in [0.05, 0.1) is 0 Å². The molecule has 0 radical (unpaired) electrons. The van der Waals surface area contributed by atoms with E-state index < -0.39 is 0 Å². The highest BCUT2D eigenvalue weighted by Crippen LogP contribution is 2.36. The predicted molar refractivity (Wildman–Crippen MR) is 58.0 cm³/mol. The van der Waals surface area contributed by atoms with Crippen molar-refractivity contribution >= 4 is 0 Å². The van der Waals surface area contributed by atoms with Crippen LogP contribution in [-0.4, -0.2) is 4.98 Å². The van der Waals surface area contributed by atoms with E-state index in [4.69, 9.17) is 5.73 Å². The Morgan fingerprint density at radius 1 is 1.36 bits per heavy atom. The first-order chi connectivity index (χ1) is 6.65. The van der Waals surface area contributed by atoms with Crippen molar-refractivity contribution < 1.29 is 0 Å². The van der Waals surface area contributed by atoms with E-state index in [0.29, 0.717) is 0 Å². The van der Waals surface area contributed by atoms with E-state index in [2.05, 4.69) is 17.1 Å². The van der Waals surface area contributed by atoms with Crippen molar-refractivity contribution in [3.8, 4) is 0 Å². The van der Waals surface area contributed by atoms with E-state index >= 15 is 0 Å². The Hall–Kier alpha value is -0.890. The minimum atomic E-state index is 0.211. The summed E-state index contributed by atoms with van der Waals surface area (Å²) in [5.74, 6) is 0.888. The SMILES string of the molecule is Cc1cc(C(N)CC2CC2)cc(C)n1. The van der Waals surface area contributed by atoms with Gasteiger partial charge in [0.25, 0.3) is 0 Å². The lowest BCUT2D eigenvalue weighted by atomic mass is 10.0. The summed E-state index contributed by atoms with van der Waals surface area (Å²) >= 11 is 0. The fourth-order valence-corrected chi connectivity index (χ4v) is 1.93. The zero-order valence-corrected chi connectivity index (χ0v) is 8.96. The van der Waals surface area contributed by atoms with Gasteiger partial charge in [-0.25, -0.2) is 0 Å². The molecule has 1 atom stereocenters. The van der Waals surface area contributed by atoms with E-state index in [0.717, 1.165) is 23.7 Å². The Kier molecular flexibility index (Phi) is 2.55. The molecule has 2 rings (SSSR count). The number of rotatable bonds is 3. The standard InChI is InChI=1S/C12H18N2/c1-8-5-11(6-9(2)14-8)12(13)7-10-3-4-10/h5-6,10,12H,3-4,7,13H2,1-2H3. The molecular weight excluding hydrogens is 172 g/mol. The van der Waals surface area contributed by atoms with Gasteiger partial charge in [-0.3, -0.25) is 4.98 Å². The van der Waals surface area contributed by atoms with Crippen LogP contribution in [-0.2, 0) is 0 Å². The molecule has 0 aliphatic heterocycles. The molecule has 0 bridgehead atoms. The third-order valence-electron chi connectivity index (χ3n) is 2.82. The van der Waals surface area contributed by atoms with Crippen molar-refractivity contribution in [3.05, 3.63) is 29.1 Å². The number of nitrogens with two attached hydrogens (primary N) is 1. The Morgan fingerprint density at radius 3 is 2.43 bits per heavy atom. The number of pyridine rings is 1. The summed E-state index contributed by atoms with van der Waals surface area (Å²) in [7, 11) is 0. The normalized spacial score (nSPS) is 18.2. The topological polar surface area (TPSA) is 38.9 Å². The lowest BCUT2D eigenvalue weighted by molar-refractivity contribution is 0.595. The van der Waals surface area contributed by atoms with E-state index in [1.54, 1.807) is 0 Å². The van der Waals surface area contributed by atoms with Crippen LogP contribution in [0.1, 0.15) is 42.3 Å². The van der Waals surface area contributed by atoms with Crippen molar-refractivity contribution in [1.29, 1.82) is 0 Å². The summed E-state index contributed by atoms with van der Waals surface area (Å²) in [6, 6.07) is 4.43. The van der Waals surface area contributed by atoms with Gasteiger partial charge in [0.15, 0.2) is 0 Å². The van der Waals surface area contributed by atoms with Crippen LogP contribution in [0.4, 0.5) is 0 Å². The van der Waals surface area contributed by atoms with Gasteiger partial charge in [0, 0.05) is 17.4 Å². The van der Waals surface area contributed by atoms with E-state index in [-0.39, 0.29) is 6.04 Å². The second kappa shape index (κ2) is 3.70. The molecule has 1 fully saturated rings. The first kappa shape index (κ1) is 9.66. The molecule has 1 aromatic rings. The number of aryl methyl sites for hydroxylation is 2. The molecule has 1 heterocycles. The van der Waals surface area contributed by atoms with Crippen molar-refractivity contribution in [2.24, 2.45) is 11.7 Å². The maximum absolute atomic E-state index is 6.15. The maximum atomic E-state index is 6.15. The zero-order valence-electron chi connectivity index (χ0n) is 8.96. The average molecular weight is 190 g/mol. The number of hydrogen-bond donors (Lipinski definition) is 1. The van der Waals surface area contributed by atoms with Crippen molar-refractivity contribution in [2.45, 2.75) is 39.2 Å². The second-order valence-corrected chi connectivity index (χ2v) is 4.47. The molecule has 0 amide bonds. The van der Waals surface area contributed by atoms with Crippen LogP contribution in [0.25, 0.3) is 0 Å². The van der Waals surface area contributed by atoms with Crippen molar-refractivity contribution in [1.82, 2.24) is 4.98 Å². The lowest BCUT2D eigenvalue weighted by Crippen LogP contribution is -2.11. The number of nitrogens with zero attached hydrogens (tertiary/aromatic N) is 1. The molecule has 0 aromatic carbocycles. The highest BCUT2D eigenvalue weighted by atomic mass is 14.7. The predicted octanol–water partition coefficient (Wildman–Crippen LogP) is 2.50.